The minimum atomic E-state index is -0.500. The van der Waals surface area contributed by atoms with Crippen LogP contribution < -0.4 is 20.1 Å². The Morgan fingerprint density at radius 3 is 2.83 bits per heavy atom. The van der Waals surface area contributed by atoms with Crippen molar-refractivity contribution in [2.24, 2.45) is 0 Å². The van der Waals surface area contributed by atoms with Crippen molar-refractivity contribution in [3.8, 4) is 11.5 Å². The molecule has 1 amide bonds. The third-order valence-corrected chi connectivity index (χ3v) is 3.89. The van der Waals surface area contributed by atoms with Gasteiger partial charge in [0.05, 0.1) is 5.02 Å². The Morgan fingerprint density at radius 1 is 1.25 bits per heavy atom. The minimum absolute atomic E-state index is 0.00738. The van der Waals surface area contributed by atoms with Crippen molar-refractivity contribution in [3.05, 3.63) is 52.8 Å². The topological polar surface area (TPSA) is 59.6 Å². The molecule has 24 heavy (non-hydrogen) atoms. The zero-order valence-corrected chi connectivity index (χ0v) is 13.7. The van der Waals surface area contributed by atoms with E-state index in [0.29, 0.717) is 23.7 Å². The molecule has 1 aliphatic heterocycles. The molecule has 0 radical (unpaired) electrons. The quantitative estimate of drug-likeness (QED) is 0.868. The zero-order valence-electron chi connectivity index (χ0n) is 12.9. The number of ether oxygens (including phenoxy) is 2. The van der Waals surface area contributed by atoms with Gasteiger partial charge in [-0.3, -0.25) is 4.79 Å². The van der Waals surface area contributed by atoms with Crippen molar-refractivity contribution in [3.63, 3.8) is 0 Å². The number of amides is 1. The predicted octanol–water partition coefficient (Wildman–Crippen LogP) is 3.32. The van der Waals surface area contributed by atoms with Crippen molar-refractivity contribution in [2.45, 2.75) is 19.5 Å². The molecule has 0 saturated carbocycles. The molecule has 0 bridgehead atoms. The average molecular weight is 351 g/mol. The molecule has 2 aromatic rings. The molecule has 1 aliphatic rings. The first-order valence-corrected chi connectivity index (χ1v) is 7.78. The van der Waals surface area contributed by atoms with Gasteiger partial charge in [0.15, 0.2) is 11.5 Å². The first-order valence-electron chi connectivity index (χ1n) is 7.41. The minimum Gasteiger partial charge on any atom is -0.454 e. The summed E-state index contributed by atoms with van der Waals surface area (Å²) in [6, 6.07) is 9.24. The van der Waals surface area contributed by atoms with Gasteiger partial charge in [0.2, 0.25) is 12.7 Å². The molecule has 5 nitrogen and oxygen atoms in total. The van der Waals surface area contributed by atoms with Crippen LogP contribution in [0.1, 0.15) is 12.5 Å². The monoisotopic (exact) mass is 350 g/mol. The van der Waals surface area contributed by atoms with Gasteiger partial charge in [-0.15, -0.1) is 0 Å². The maximum atomic E-state index is 13.1. The van der Waals surface area contributed by atoms with E-state index in [-0.39, 0.29) is 17.7 Å². The number of benzene rings is 2. The van der Waals surface area contributed by atoms with Gasteiger partial charge in [0.25, 0.3) is 0 Å². The van der Waals surface area contributed by atoms with Crippen LogP contribution in [0.3, 0.4) is 0 Å². The number of halogens is 2. The highest BCUT2D eigenvalue weighted by Crippen LogP contribution is 2.32. The van der Waals surface area contributed by atoms with Crippen molar-refractivity contribution in [2.75, 3.05) is 12.1 Å². The maximum absolute atomic E-state index is 13.1. The third-order valence-electron chi connectivity index (χ3n) is 3.60. The smallest absolute Gasteiger partial charge is 0.242 e. The lowest BCUT2D eigenvalue weighted by molar-refractivity contribution is -0.121. The lowest BCUT2D eigenvalue weighted by Gasteiger charge is -2.15. The van der Waals surface area contributed by atoms with E-state index in [1.54, 1.807) is 6.92 Å². The van der Waals surface area contributed by atoms with Gasteiger partial charge >= 0.3 is 0 Å². The van der Waals surface area contributed by atoms with Crippen LogP contribution in [0.5, 0.6) is 11.5 Å². The first-order chi connectivity index (χ1) is 11.5. The summed E-state index contributed by atoms with van der Waals surface area (Å²) in [7, 11) is 0. The van der Waals surface area contributed by atoms with Crippen LogP contribution in [-0.2, 0) is 11.3 Å². The highest BCUT2D eigenvalue weighted by atomic mass is 35.5. The summed E-state index contributed by atoms with van der Waals surface area (Å²) in [4.78, 5) is 12.2. The van der Waals surface area contributed by atoms with Crippen LogP contribution in [0.15, 0.2) is 36.4 Å². The fraction of sp³-hybridized carbons (Fsp3) is 0.235. The summed E-state index contributed by atoms with van der Waals surface area (Å²) in [5.41, 5.74) is 1.48. The molecule has 0 unspecified atom stereocenters. The molecule has 7 heteroatoms. The molecule has 0 spiro atoms. The molecule has 0 aliphatic carbocycles. The van der Waals surface area contributed by atoms with Crippen LogP contribution in [0, 0.1) is 5.82 Å². The highest BCUT2D eigenvalue weighted by molar-refractivity contribution is 6.31. The molecule has 0 fully saturated rings. The Labute approximate surface area is 143 Å². The van der Waals surface area contributed by atoms with Crippen molar-refractivity contribution < 1.29 is 18.7 Å². The van der Waals surface area contributed by atoms with Gasteiger partial charge in [-0.2, -0.15) is 0 Å². The van der Waals surface area contributed by atoms with Gasteiger partial charge in [-0.05, 0) is 42.8 Å². The summed E-state index contributed by atoms with van der Waals surface area (Å²) >= 11 is 5.73. The van der Waals surface area contributed by atoms with Crippen LogP contribution in [0.2, 0.25) is 5.02 Å². The summed E-state index contributed by atoms with van der Waals surface area (Å²) in [5.74, 6) is 0.692. The number of anilines is 1. The number of nitrogens with one attached hydrogen (secondary N) is 2. The Bertz CT molecular complexity index is 769. The summed E-state index contributed by atoms with van der Waals surface area (Å²) in [6.45, 7) is 2.30. The van der Waals surface area contributed by atoms with Gasteiger partial charge < -0.3 is 20.1 Å². The molecule has 0 aromatic heterocycles. The standard InChI is InChI=1S/C17H16ClFN2O3/c1-10(21-12-3-4-14(19)13(18)7-12)17(22)20-8-11-2-5-15-16(6-11)24-9-23-15/h2-7,10,21H,8-9H2,1H3,(H,20,22)/t10-/m1/s1. The molecule has 1 heterocycles. The van der Waals surface area contributed by atoms with E-state index in [2.05, 4.69) is 10.6 Å². The fourth-order valence-corrected chi connectivity index (χ4v) is 2.48. The largest absolute Gasteiger partial charge is 0.454 e. The molecule has 0 saturated heterocycles. The lowest BCUT2D eigenvalue weighted by atomic mass is 10.2. The Kier molecular flexibility index (Phi) is 4.76. The van der Waals surface area contributed by atoms with Crippen molar-refractivity contribution in [1.29, 1.82) is 0 Å². The average Bonchev–Trinajstić information content (AvgIpc) is 3.03. The molecule has 3 rings (SSSR count). The first kappa shape index (κ1) is 16.4. The normalized spacial score (nSPS) is 13.5. The molecule has 126 valence electrons. The van der Waals surface area contributed by atoms with E-state index in [1.165, 1.54) is 18.2 Å². The van der Waals surface area contributed by atoms with Gasteiger partial charge in [-0.1, -0.05) is 17.7 Å². The number of hydrogen-bond acceptors (Lipinski definition) is 4. The number of fused-ring (bicyclic) bond motifs is 1. The van der Waals surface area contributed by atoms with Crippen LogP contribution in [-0.4, -0.2) is 18.7 Å². The second kappa shape index (κ2) is 6.97. The maximum Gasteiger partial charge on any atom is 0.242 e. The third kappa shape index (κ3) is 3.71. The summed E-state index contributed by atoms with van der Waals surface area (Å²) in [5, 5.41) is 5.82. The fourth-order valence-electron chi connectivity index (χ4n) is 2.29. The Hall–Kier alpha value is -2.47. The number of rotatable bonds is 5. The second-order valence-corrected chi connectivity index (χ2v) is 5.81. The van der Waals surface area contributed by atoms with Crippen LogP contribution in [0.25, 0.3) is 0 Å². The van der Waals surface area contributed by atoms with Gasteiger partial charge in [0.1, 0.15) is 11.9 Å². The van der Waals surface area contributed by atoms with E-state index in [1.807, 2.05) is 18.2 Å². The summed E-state index contributed by atoms with van der Waals surface area (Å²) in [6.07, 6.45) is 0. The molecule has 2 aromatic carbocycles. The lowest BCUT2D eigenvalue weighted by Crippen LogP contribution is -2.37. The van der Waals surface area contributed by atoms with Crippen molar-refractivity contribution in [1.82, 2.24) is 5.32 Å². The SMILES string of the molecule is C[C@@H](Nc1ccc(F)c(Cl)c1)C(=O)NCc1ccc2c(c1)OCO2. The van der Waals surface area contributed by atoms with Gasteiger partial charge in [0, 0.05) is 12.2 Å². The number of carbonyl (C=O) groups excluding carboxylic acids is 1. The van der Waals surface area contributed by atoms with E-state index in [0.717, 1.165) is 5.56 Å². The van der Waals surface area contributed by atoms with Crippen LogP contribution in [0.4, 0.5) is 10.1 Å². The molecular weight excluding hydrogens is 335 g/mol. The highest BCUT2D eigenvalue weighted by Gasteiger charge is 2.15. The number of carbonyl (C=O) groups is 1. The van der Waals surface area contributed by atoms with E-state index in [9.17, 15) is 9.18 Å². The Morgan fingerprint density at radius 2 is 2.04 bits per heavy atom. The summed E-state index contributed by atoms with van der Waals surface area (Å²) < 4.78 is 23.7. The van der Waals surface area contributed by atoms with Gasteiger partial charge in [-0.25, -0.2) is 4.39 Å². The molecule has 2 N–H and O–H groups in total. The zero-order chi connectivity index (χ0) is 17.1. The van der Waals surface area contributed by atoms with Crippen LogP contribution >= 0.6 is 11.6 Å². The number of hydrogen-bond donors (Lipinski definition) is 2. The molecule has 1 atom stereocenters. The molecular formula is C17H16ClFN2O3. The van der Waals surface area contributed by atoms with E-state index in [4.69, 9.17) is 21.1 Å². The predicted molar refractivity (Wildman–Crippen MR) is 88.9 cm³/mol. The Balaban J connectivity index is 1.55. The van der Waals surface area contributed by atoms with Crippen molar-refractivity contribution >= 4 is 23.2 Å². The van der Waals surface area contributed by atoms with E-state index < -0.39 is 11.9 Å². The second-order valence-electron chi connectivity index (χ2n) is 5.40. The van der Waals surface area contributed by atoms with E-state index >= 15 is 0 Å².